The van der Waals surface area contributed by atoms with Gasteiger partial charge in [-0.3, -0.25) is 9.59 Å². The molecule has 0 radical (unpaired) electrons. The number of ether oxygens (including phenoxy) is 1. The second kappa shape index (κ2) is 10.6. The number of carbonyl (C=O) groups is 2. The normalized spacial score (nSPS) is 10.7. The third kappa shape index (κ3) is 6.57. The highest BCUT2D eigenvalue weighted by Crippen LogP contribution is 2.29. The van der Waals surface area contributed by atoms with E-state index in [1.54, 1.807) is 36.4 Å². The summed E-state index contributed by atoms with van der Waals surface area (Å²) in [7, 11) is 0. The Kier molecular flexibility index (Phi) is 7.65. The molecule has 0 aromatic heterocycles. The van der Waals surface area contributed by atoms with E-state index in [9.17, 15) is 9.59 Å². The van der Waals surface area contributed by atoms with Crippen LogP contribution in [-0.2, 0) is 16.2 Å². The molecule has 0 aliphatic heterocycles. The van der Waals surface area contributed by atoms with Crippen LogP contribution in [0.15, 0.2) is 71.8 Å². The molecule has 0 atom stereocenters. The Balaban J connectivity index is 1.48. The van der Waals surface area contributed by atoms with E-state index in [0.29, 0.717) is 12.4 Å². The van der Waals surface area contributed by atoms with Crippen molar-refractivity contribution in [3.05, 3.63) is 93.5 Å². The topological polar surface area (TPSA) is 79.8 Å². The second-order valence-electron chi connectivity index (χ2n) is 6.60. The lowest BCUT2D eigenvalue weighted by atomic mass is 10.2. The molecule has 0 saturated heterocycles. The highest BCUT2D eigenvalue weighted by molar-refractivity contribution is 6.45. The smallest absolute Gasteiger partial charge is 0.329 e. The van der Waals surface area contributed by atoms with Crippen LogP contribution in [0.1, 0.15) is 16.7 Å². The van der Waals surface area contributed by atoms with Gasteiger partial charge in [0.05, 0.1) is 21.9 Å². The van der Waals surface area contributed by atoms with E-state index in [0.717, 1.165) is 11.1 Å². The number of aryl methyl sites for hydroxylation is 1. The lowest BCUT2D eigenvalue weighted by Gasteiger charge is -2.07. The molecule has 31 heavy (non-hydrogen) atoms. The SMILES string of the molecule is Cc1ccc(COc2ccc(C=NNC(=O)C(=O)Nc3cccc(Cl)c3Cl)cc2)cc1. The number of carbonyl (C=O) groups excluding carboxylic acids is 2. The number of anilines is 1. The summed E-state index contributed by atoms with van der Waals surface area (Å²) in [5.74, 6) is -1.15. The van der Waals surface area contributed by atoms with Gasteiger partial charge in [0.1, 0.15) is 12.4 Å². The predicted molar refractivity (Wildman–Crippen MR) is 123 cm³/mol. The fourth-order valence-corrected chi connectivity index (χ4v) is 2.84. The quantitative estimate of drug-likeness (QED) is 0.312. The maximum atomic E-state index is 12.0. The molecule has 8 heteroatoms. The molecule has 2 amide bonds. The van der Waals surface area contributed by atoms with Crippen molar-refractivity contribution in [2.24, 2.45) is 5.10 Å². The van der Waals surface area contributed by atoms with Crippen molar-refractivity contribution < 1.29 is 14.3 Å². The molecule has 6 nitrogen and oxygen atoms in total. The van der Waals surface area contributed by atoms with Gasteiger partial charge in [-0.05, 0) is 54.4 Å². The molecule has 0 spiro atoms. The number of rotatable bonds is 6. The zero-order valence-corrected chi connectivity index (χ0v) is 18.1. The molecule has 158 valence electrons. The molecule has 0 unspecified atom stereocenters. The summed E-state index contributed by atoms with van der Waals surface area (Å²) in [6.07, 6.45) is 1.42. The Morgan fingerprint density at radius 2 is 1.68 bits per heavy atom. The molecular weight excluding hydrogens is 437 g/mol. The van der Waals surface area contributed by atoms with Crippen molar-refractivity contribution in [3.8, 4) is 5.75 Å². The van der Waals surface area contributed by atoms with Gasteiger partial charge in [-0.15, -0.1) is 0 Å². The van der Waals surface area contributed by atoms with Gasteiger partial charge in [0.25, 0.3) is 0 Å². The Morgan fingerprint density at radius 1 is 0.968 bits per heavy atom. The lowest BCUT2D eigenvalue weighted by Crippen LogP contribution is -2.32. The van der Waals surface area contributed by atoms with Crippen LogP contribution in [0.25, 0.3) is 0 Å². The number of halogens is 2. The highest BCUT2D eigenvalue weighted by atomic mass is 35.5. The van der Waals surface area contributed by atoms with Gasteiger partial charge in [0.2, 0.25) is 0 Å². The second-order valence-corrected chi connectivity index (χ2v) is 7.38. The van der Waals surface area contributed by atoms with Crippen LogP contribution in [-0.4, -0.2) is 18.0 Å². The first kappa shape index (κ1) is 22.3. The van der Waals surface area contributed by atoms with Crippen LogP contribution in [0.4, 0.5) is 5.69 Å². The summed E-state index contributed by atoms with van der Waals surface area (Å²) >= 11 is 11.9. The number of nitrogens with zero attached hydrogens (tertiary/aromatic N) is 1. The van der Waals surface area contributed by atoms with Crippen LogP contribution in [0.3, 0.4) is 0 Å². The van der Waals surface area contributed by atoms with E-state index in [2.05, 4.69) is 15.8 Å². The first-order chi connectivity index (χ1) is 14.9. The molecule has 0 aliphatic carbocycles. The van der Waals surface area contributed by atoms with Crippen LogP contribution in [0.5, 0.6) is 5.75 Å². The monoisotopic (exact) mass is 455 g/mol. The minimum Gasteiger partial charge on any atom is -0.489 e. The third-order valence-corrected chi connectivity index (χ3v) is 5.01. The maximum Gasteiger partial charge on any atom is 0.329 e. The average Bonchev–Trinajstić information content (AvgIpc) is 2.77. The van der Waals surface area contributed by atoms with Gasteiger partial charge >= 0.3 is 11.8 Å². The summed E-state index contributed by atoms with van der Waals surface area (Å²) in [6.45, 7) is 2.50. The van der Waals surface area contributed by atoms with Crippen molar-refractivity contribution in [1.29, 1.82) is 0 Å². The van der Waals surface area contributed by atoms with Gasteiger partial charge < -0.3 is 10.1 Å². The molecular formula is C23H19Cl2N3O3. The number of benzene rings is 3. The number of nitrogens with one attached hydrogen (secondary N) is 2. The fourth-order valence-electron chi connectivity index (χ4n) is 2.50. The average molecular weight is 456 g/mol. The van der Waals surface area contributed by atoms with Crippen molar-refractivity contribution in [1.82, 2.24) is 5.43 Å². The molecule has 0 saturated carbocycles. The molecule has 2 N–H and O–H groups in total. The molecule has 3 rings (SSSR count). The van der Waals surface area contributed by atoms with Crippen molar-refractivity contribution in [2.75, 3.05) is 5.32 Å². The summed E-state index contributed by atoms with van der Waals surface area (Å²) in [6, 6.07) is 20.0. The van der Waals surface area contributed by atoms with E-state index in [-0.39, 0.29) is 15.7 Å². The van der Waals surface area contributed by atoms with Gasteiger partial charge in [0, 0.05) is 0 Å². The standard InChI is InChI=1S/C23H19Cl2N3O3/c1-15-5-7-17(8-6-15)14-31-18-11-9-16(10-12-18)13-26-28-23(30)22(29)27-20-4-2-3-19(24)21(20)25/h2-13H,14H2,1H3,(H,27,29)(H,28,30). The largest absolute Gasteiger partial charge is 0.489 e. The number of hydrogen-bond donors (Lipinski definition) is 2. The molecule has 3 aromatic rings. The zero-order chi connectivity index (χ0) is 22.2. The summed E-state index contributed by atoms with van der Waals surface area (Å²) < 4.78 is 5.75. The first-order valence-corrected chi connectivity index (χ1v) is 10.0. The van der Waals surface area contributed by atoms with Crippen molar-refractivity contribution in [2.45, 2.75) is 13.5 Å². The Morgan fingerprint density at radius 3 is 2.39 bits per heavy atom. The van der Waals surface area contributed by atoms with Crippen molar-refractivity contribution >= 4 is 46.9 Å². The van der Waals surface area contributed by atoms with Gasteiger partial charge in [-0.1, -0.05) is 59.1 Å². The Hall–Kier alpha value is -3.35. The Labute approximate surface area is 189 Å². The van der Waals surface area contributed by atoms with Crippen LogP contribution < -0.4 is 15.5 Å². The molecule has 0 fully saturated rings. The zero-order valence-electron chi connectivity index (χ0n) is 16.6. The predicted octanol–water partition coefficient (Wildman–Crippen LogP) is 4.97. The van der Waals surface area contributed by atoms with Crippen LogP contribution in [0, 0.1) is 6.92 Å². The maximum absolute atomic E-state index is 12.0. The summed E-state index contributed by atoms with van der Waals surface area (Å²) in [5, 5.41) is 6.59. The van der Waals surface area contributed by atoms with E-state index in [4.69, 9.17) is 27.9 Å². The minimum atomic E-state index is -0.939. The van der Waals surface area contributed by atoms with E-state index in [1.165, 1.54) is 17.8 Å². The minimum absolute atomic E-state index is 0.151. The van der Waals surface area contributed by atoms with E-state index >= 15 is 0 Å². The van der Waals surface area contributed by atoms with E-state index < -0.39 is 11.8 Å². The van der Waals surface area contributed by atoms with Gasteiger partial charge in [0.15, 0.2) is 0 Å². The van der Waals surface area contributed by atoms with E-state index in [1.807, 2.05) is 31.2 Å². The third-order valence-electron chi connectivity index (χ3n) is 4.19. The summed E-state index contributed by atoms with van der Waals surface area (Å²) in [4.78, 5) is 23.9. The highest BCUT2D eigenvalue weighted by Gasteiger charge is 2.15. The van der Waals surface area contributed by atoms with Gasteiger partial charge in [-0.2, -0.15) is 5.10 Å². The van der Waals surface area contributed by atoms with Crippen LogP contribution in [0.2, 0.25) is 10.0 Å². The van der Waals surface area contributed by atoms with Gasteiger partial charge in [-0.25, -0.2) is 5.43 Å². The number of amides is 2. The lowest BCUT2D eigenvalue weighted by molar-refractivity contribution is -0.136. The fraction of sp³-hybridized carbons (Fsp3) is 0.0870. The molecule has 0 aliphatic rings. The number of hydrogen-bond acceptors (Lipinski definition) is 4. The number of hydrazone groups is 1. The van der Waals surface area contributed by atoms with Crippen molar-refractivity contribution in [3.63, 3.8) is 0 Å². The molecule has 0 heterocycles. The molecule has 0 bridgehead atoms. The first-order valence-electron chi connectivity index (χ1n) is 9.29. The van der Waals surface area contributed by atoms with Crippen LogP contribution >= 0.6 is 23.2 Å². The molecule has 3 aromatic carbocycles. The Bertz CT molecular complexity index is 1100. The summed E-state index contributed by atoms with van der Waals surface area (Å²) in [5.41, 5.74) is 5.40.